The van der Waals surface area contributed by atoms with E-state index < -0.39 is 0 Å². The van der Waals surface area contributed by atoms with Gasteiger partial charge in [-0.3, -0.25) is 0 Å². The maximum Gasteiger partial charge on any atom is 0.220 e. The number of nitrogen functional groups attached to an aromatic ring is 1. The van der Waals surface area contributed by atoms with Gasteiger partial charge >= 0.3 is 0 Å². The van der Waals surface area contributed by atoms with Crippen LogP contribution in [0.4, 0.5) is 17.3 Å². The van der Waals surface area contributed by atoms with Crippen molar-refractivity contribution in [3.05, 3.63) is 29.5 Å². The Balaban J connectivity index is 1.70. The molecule has 0 radical (unpaired) electrons. The van der Waals surface area contributed by atoms with Gasteiger partial charge in [-0.05, 0) is 56.4 Å². The smallest absolute Gasteiger partial charge is 0.220 e. The molecule has 0 amide bonds. The molecular formula is C23H33N7. The van der Waals surface area contributed by atoms with E-state index >= 15 is 0 Å². The molecule has 7 heteroatoms. The largest absolute Gasteiger partial charge is 0.368 e. The molecule has 3 heterocycles. The predicted octanol–water partition coefficient (Wildman–Crippen LogP) is 1.81. The molecule has 1 aromatic carbocycles. The number of aryl methyl sites for hydroxylation is 1. The summed E-state index contributed by atoms with van der Waals surface area (Å²) in [7, 11) is 0. The van der Waals surface area contributed by atoms with Crippen LogP contribution in [0.5, 0.6) is 0 Å². The van der Waals surface area contributed by atoms with Crippen molar-refractivity contribution < 1.29 is 0 Å². The summed E-state index contributed by atoms with van der Waals surface area (Å²) in [4.78, 5) is 14.2. The van der Waals surface area contributed by atoms with Crippen LogP contribution in [-0.2, 0) is 12.8 Å². The first-order valence-corrected chi connectivity index (χ1v) is 11.3. The van der Waals surface area contributed by atoms with Crippen LogP contribution in [0.25, 0.3) is 11.3 Å². The van der Waals surface area contributed by atoms with E-state index in [1.807, 2.05) is 6.20 Å². The molecule has 1 aliphatic carbocycles. The van der Waals surface area contributed by atoms with Gasteiger partial charge in [-0.15, -0.1) is 0 Å². The second-order valence-corrected chi connectivity index (χ2v) is 8.94. The molecule has 160 valence electrons. The Morgan fingerprint density at radius 2 is 1.73 bits per heavy atom. The van der Waals surface area contributed by atoms with Crippen LogP contribution in [0.3, 0.4) is 0 Å². The fourth-order valence-electron chi connectivity index (χ4n) is 5.25. The molecule has 2 unspecified atom stereocenters. The second kappa shape index (κ2) is 8.04. The summed E-state index contributed by atoms with van der Waals surface area (Å²) in [5, 5.41) is 7.05. The molecule has 2 atom stereocenters. The molecule has 3 aliphatic rings. The van der Waals surface area contributed by atoms with Gasteiger partial charge in [0.1, 0.15) is 0 Å². The zero-order chi connectivity index (χ0) is 20.7. The van der Waals surface area contributed by atoms with Gasteiger partial charge in [0.15, 0.2) is 0 Å². The lowest BCUT2D eigenvalue weighted by Crippen LogP contribution is -2.51. The topological polar surface area (TPSA) is 82.3 Å². The second-order valence-electron chi connectivity index (χ2n) is 8.94. The molecule has 2 aliphatic heterocycles. The number of piperazine rings is 2. The SMILES string of the molecule is CC1CNCCN1c1cc2c(c(N3CCNCC3C)c1)CCCc1cnc(N)nc1-2. The zero-order valence-electron chi connectivity index (χ0n) is 18.1. The maximum absolute atomic E-state index is 6.04. The first kappa shape index (κ1) is 19.6. The van der Waals surface area contributed by atoms with Crippen molar-refractivity contribution in [2.24, 2.45) is 0 Å². The van der Waals surface area contributed by atoms with Crippen molar-refractivity contribution in [3.8, 4) is 11.3 Å². The Labute approximate surface area is 179 Å². The minimum atomic E-state index is 0.361. The van der Waals surface area contributed by atoms with Crippen molar-refractivity contribution in [1.29, 1.82) is 0 Å². The van der Waals surface area contributed by atoms with Gasteiger partial charge in [-0.25, -0.2) is 9.97 Å². The number of hydrogen-bond donors (Lipinski definition) is 3. The van der Waals surface area contributed by atoms with E-state index in [0.717, 1.165) is 64.2 Å². The standard InChI is InChI=1S/C23H33N7/c1-15-12-25-6-8-29(15)18-10-20-19(21(11-18)30-9-7-26-13-16(30)2)5-3-4-17-14-27-23(24)28-22(17)20/h10-11,14-16,25-26H,3-9,12-13H2,1-2H3,(H2,24,27,28). The molecule has 2 aromatic rings. The highest BCUT2D eigenvalue weighted by atomic mass is 15.2. The zero-order valence-corrected chi connectivity index (χ0v) is 18.1. The van der Waals surface area contributed by atoms with E-state index in [-0.39, 0.29) is 0 Å². The van der Waals surface area contributed by atoms with Gasteiger partial charge in [-0.1, -0.05) is 0 Å². The third kappa shape index (κ3) is 3.50. The average molecular weight is 408 g/mol. The number of hydrogen-bond acceptors (Lipinski definition) is 7. The van der Waals surface area contributed by atoms with Crippen LogP contribution >= 0.6 is 0 Å². The number of nitrogens with zero attached hydrogens (tertiary/aromatic N) is 4. The summed E-state index contributed by atoms with van der Waals surface area (Å²) < 4.78 is 0. The van der Waals surface area contributed by atoms with Crippen LogP contribution in [0, 0.1) is 0 Å². The van der Waals surface area contributed by atoms with E-state index in [2.05, 4.69) is 51.4 Å². The highest BCUT2D eigenvalue weighted by Gasteiger charge is 2.28. The number of benzene rings is 1. The first-order chi connectivity index (χ1) is 14.6. The molecule has 5 rings (SSSR count). The Morgan fingerprint density at radius 1 is 1.00 bits per heavy atom. The van der Waals surface area contributed by atoms with Gasteiger partial charge in [0, 0.05) is 74.5 Å². The number of rotatable bonds is 2. The van der Waals surface area contributed by atoms with Crippen LogP contribution in [0.1, 0.15) is 31.4 Å². The van der Waals surface area contributed by atoms with Gasteiger partial charge in [-0.2, -0.15) is 0 Å². The van der Waals surface area contributed by atoms with E-state index in [4.69, 9.17) is 10.7 Å². The van der Waals surface area contributed by atoms with Crippen molar-refractivity contribution >= 4 is 17.3 Å². The highest BCUT2D eigenvalue weighted by Crippen LogP contribution is 2.41. The van der Waals surface area contributed by atoms with Crippen molar-refractivity contribution in [2.45, 2.75) is 45.2 Å². The Kier molecular flexibility index (Phi) is 5.25. The van der Waals surface area contributed by atoms with E-state index in [1.54, 1.807) is 0 Å². The monoisotopic (exact) mass is 407 g/mol. The minimum absolute atomic E-state index is 0.361. The average Bonchev–Trinajstić information content (AvgIpc) is 2.93. The number of nitrogens with one attached hydrogen (secondary N) is 2. The third-order valence-corrected chi connectivity index (χ3v) is 6.87. The molecule has 0 saturated carbocycles. The number of aromatic nitrogens is 2. The lowest BCUT2D eigenvalue weighted by Gasteiger charge is -2.40. The van der Waals surface area contributed by atoms with E-state index in [1.165, 1.54) is 28.1 Å². The highest BCUT2D eigenvalue weighted by molar-refractivity contribution is 5.81. The molecule has 1 aromatic heterocycles. The molecule has 7 nitrogen and oxygen atoms in total. The summed E-state index contributed by atoms with van der Waals surface area (Å²) in [5.41, 5.74) is 13.6. The molecule has 30 heavy (non-hydrogen) atoms. The lowest BCUT2D eigenvalue weighted by molar-refractivity contribution is 0.496. The quantitative estimate of drug-likeness (QED) is 0.700. The Hall–Kier alpha value is -2.38. The van der Waals surface area contributed by atoms with Crippen LogP contribution < -0.4 is 26.2 Å². The van der Waals surface area contributed by atoms with Gasteiger partial charge in [0.2, 0.25) is 5.95 Å². The Morgan fingerprint density at radius 3 is 2.47 bits per heavy atom. The maximum atomic E-state index is 6.04. The molecule has 4 N–H and O–H groups in total. The van der Waals surface area contributed by atoms with E-state index in [0.29, 0.717) is 18.0 Å². The summed E-state index contributed by atoms with van der Waals surface area (Å²) in [6.45, 7) is 10.8. The molecule has 2 saturated heterocycles. The third-order valence-electron chi connectivity index (χ3n) is 6.87. The fraction of sp³-hybridized carbons (Fsp3) is 0.565. The Bertz CT molecular complexity index is 928. The van der Waals surface area contributed by atoms with Crippen LogP contribution in [0.15, 0.2) is 18.3 Å². The van der Waals surface area contributed by atoms with Gasteiger partial charge in [0.05, 0.1) is 5.69 Å². The van der Waals surface area contributed by atoms with E-state index in [9.17, 15) is 0 Å². The number of anilines is 3. The lowest BCUT2D eigenvalue weighted by atomic mass is 9.96. The van der Waals surface area contributed by atoms with Crippen LogP contribution in [0.2, 0.25) is 0 Å². The van der Waals surface area contributed by atoms with Gasteiger partial charge in [0.25, 0.3) is 0 Å². The minimum Gasteiger partial charge on any atom is -0.368 e. The summed E-state index contributed by atoms with van der Waals surface area (Å²) in [6.07, 6.45) is 5.11. The van der Waals surface area contributed by atoms with Crippen molar-refractivity contribution in [2.75, 3.05) is 54.8 Å². The van der Waals surface area contributed by atoms with Gasteiger partial charge < -0.3 is 26.2 Å². The number of nitrogens with two attached hydrogens (primary N) is 1. The summed E-state index contributed by atoms with van der Waals surface area (Å²) in [5.74, 6) is 0.361. The van der Waals surface area contributed by atoms with Crippen molar-refractivity contribution in [3.63, 3.8) is 0 Å². The molecular weight excluding hydrogens is 374 g/mol. The fourth-order valence-corrected chi connectivity index (χ4v) is 5.25. The predicted molar refractivity (Wildman–Crippen MR) is 123 cm³/mol. The summed E-state index contributed by atoms with van der Waals surface area (Å²) >= 11 is 0. The first-order valence-electron chi connectivity index (χ1n) is 11.3. The molecule has 0 bridgehead atoms. The number of fused-ring (bicyclic) bond motifs is 3. The molecule has 0 spiro atoms. The summed E-state index contributed by atoms with van der Waals surface area (Å²) in [6, 6.07) is 5.74. The van der Waals surface area contributed by atoms with Crippen LogP contribution in [-0.4, -0.2) is 61.3 Å². The normalized spacial score (nSPS) is 24.2. The molecule has 2 fully saturated rings. The van der Waals surface area contributed by atoms with Crippen molar-refractivity contribution in [1.82, 2.24) is 20.6 Å².